The van der Waals surface area contributed by atoms with E-state index in [1.807, 2.05) is 5.38 Å². The first-order valence-electron chi connectivity index (χ1n) is 9.51. The second-order valence-corrected chi connectivity index (χ2v) is 9.56. The van der Waals surface area contributed by atoms with Crippen LogP contribution in [-0.2, 0) is 21.4 Å². The maximum atomic E-state index is 12.5. The van der Waals surface area contributed by atoms with E-state index in [0.29, 0.717) is 10.9 Å². The van der Waals surface area contributed by atoms with Gasteiger partial charge in [0.1, 0.15) is 5.75 Å². The minimum absolute atomic E-state index is 0.0658. The van der Waals surface area contributed by atoms with Gasteiger partial charge in [-0.1, -0.05) is 6.42 Å². The maximum Gasteiger partial charge on any atom is 0.244 e. The molecule has 29 heavy (non-hydrogen) atoms. The van der Waals surface area contributed by atoms with Gasteiger partial charge in [-0.25, -0.2) is 13.4 Å². The molecule has 8 nitrogen and oxygen atoms in total. The van der Waals surface area contributed by atoms with Crippen molar-refractivity contribution in [3.63, 3.8) is 0 Å². The second-order valence-electron chi connectivity index (χ2n) is 6.99. The van der Waals surface area contributed by atoms with Crippen LogP contribution in [-0.4, -0.2) is 50.5 Å². The van der Waals surface area contributed by atoms with Crippen molar-refractivity contribution >= 4 is 32.4 Å². The van der Waals surface area contributed by atoms with Crippen molar-refractivity contribution in [1.82, 2.24) is 14.6 Å². The number of hydrogen-bond acceptors (Lipinski definition) is 7. The first-order valence-corrected chi connectivity index (χ1v) is 11.9. The number of ether oxygens (including phenoxy) is 1. The molecule has 0 spiro atoms. The Hall–Kier alpha value is -2.01. The largest absolute Gasteiger partial charge is 0.497 e. The Labute approximate surface area is 175 Å². The molecule has 2 N–H and O–H groups in total. The molecule has 0 radical (unpaired) electrons. The predicted molar refractivity (Wildman–Crippen MR) is 113 cm³/mol. The van der Waals surface area contributed by atoms with Gasteiger partial charge >= 0.3 is 0 Å². The summed E-state index contributed by atoms with van der Waals surface area (Å²) in [4.78, 5) is 19.3. The number of likely N-dealkylation sites (tertiary alicyclic amines) is 1. The van der Waals surface area contributed by atoms with Crippen molar-refractivity contribution in [2.75, 3.05) is 25.5 Å². The minimum Gasteiger partial charge on any atom is -0.497 e. The molecule has 0 saturated carbocycles. The van der Waals surface area contributed by atoms with Gasteiger partial charge in [0.2, 0.25) is 15.9 Å². The summed E-state index contributed by atoms with van der Waals surface area (Å²) in [6.07, 6.45) is 3.69. The van der Waals surface area contributed by atoms with E-state index in [1.54, 1.807) is 12.1 Å². The number of nitrogens with one attached hydrogen (secondary N) is 2. The van der Waals surface area contributed by atoms with Crippen LogP contribution in [0.2, 0.25) is 0 Å². The Balaban J connectivity index is 1.55. The number of thiazole rings is 1. The first kappa shape index (κ1) is 21.7. The molecule has 1 amide bonds. The van der Waals surface area contributed by atoms with Gasteiger partial charge in [-0.2, -0.15) is 4.72 Å². The van der Waals surface area contributed by atoms with Crippen LogP contribution in [0, 0.1) is 0 Å². The summed E-state index contributed by atoms with van der Waals surface area (Å²) in [6.45, 7) is 4.41. The van der Waals surface area contributed by atoms with E-state index in [1.165, 1.54) is 56.8 Å². The number of amides is 1. The summed E-state index contributed by atoms with van der Waals surface area (Å²) in [5.74, 6) is 0.0971. The van der Waals surface area contributed by atoms with E-state index in [9.17, 15) is 13.2 Å². The van der Waals surface area contributed by atoms with Crippen LogP contribution in [0.15, 0.2) is 34.5 Å². The van der Waals surface area contributed by atoms with Gasteiger partial charge in [0.25, 0.3) is 0 Å². The monoisotopic (exact) mass is 438 g/mol. The molecule has 1 aliphatic heterocycles. The SMILES string of the molecule is COc1ccc(S(=O)(=O)N[C@@H](C)C(=O)Nc2nc(CN3CCCCC3)cs2)cc1. The third-order valence-electron chi connectivity index (χ3n) is 4.71. The number of piperidine rings is 1. The van der Waals surface area contributed by atoms with Gasteiger partial charge in [0, 0.05) is 11.9 Å². The maximum absolute atomic E-state index is 12.5. The molecule has 2 heterocycles. The summed E-state index contributed by atoms with van der Waals surface area (Å²) in [5, 5.41) is 5.09. The fourth-order valence-electron chi connectivity index (χ4n) is 3.11. The Morgan fingerprint density at radius 2 is 1.93 bits per heavy atom. The lowest BCUT2D eigenvalue weighted by Gasteiger charge is -2.25. The summed E-state index contributed by atoms with van der Waals surface area (Å²) in [6, 6.07) is 5.02. The molecule has 1 aromatic heterocycles. The van der Waals surface area contributed by atoms with Gasteiger partial charge in [-0.15, -0.1) is 11.3 Å². The summed E-state index contributed by atoms with van der Waals surface area (Å²) >= 11 is 1.34. The highest BCUT2D eigenvalue weighted by Gasteiger charge is 2.23. The van der Waals surface area contributed by atoms with Crippen LogP contribution in [0.4, 0.5) is 5.13 Å². The number of carbonyl (C=O) groups excluding carboxylic acids is 1. The normalized spacial score (nSPS) is 16.3. The van der Waals surface area contributed by atoms with Gasteiger partial charge in [-0.3, -0.25) is 9.69 Å². The second kappa shape index (κ2) is 9.66. The van der Waals surface area contributed by atoms with E-state index >= 15 is 0 Å². The van der Waals surface area contributed by atoms with Crippen molar-refractivity contribution in [3.8, 4) is 5.75 Å². The molecule has 0 unspecified atom stereocenters. The highest BCUT2D eigenvalue weighted by atomic mass is 32.2. The topological polar surface area (TPSA) is 101 Å². The molecule has 158 valence electrons. The number of sulfonamides is 1. The molecule has 1 saturated heterocycles. The molecule has 2 aromatic rings. The summed E-state index contributed by atoms with van der Waals surface area (Å²) < 4.78 is 32.4. The van der Waals surface area contributed by atoms with E-state index in [4.69, 9.17) is 4.74 Å². The third kappa shape index (κ3) is 5.99. The van der Waals surface area contributed by atoms with Gasteiger partial charge in [0.05, 0.1) is 23.7 Å². The standard InChI is InChI=1S/C19H26N4O4S2/c1-14(22-29(25,26)17-8-6-16(27-2)7-9-17)18(24)21-19-20-15(13-28-19)12-23-10-4-3-5-11-23/h6-9,13-14,22H,3-5,10-12H2,1-2H3,(H,20,21,24)/t14-/m0/s1. The van der Waals surface area contributed by atoms with Crippen molar-refractivity contribution in [2.45, 2.75) is 43.7 Å². The molecule has 0 bridgehead atoms. The Bertz CT molecular complexity index is 922. The molecule has 0 aliphatic carbocycles. The van der Waals surface area contributed by atoms with E-state index in [2.05, 4.69) is 19.9 Å². The van der Waals surface area contributed by atoms with Crippen molar-refractivity contribution in [2.24, 2.45) is 0 Å². The van der Waals surface area contributed by atoms with E-state index < -0.39 is 22.0 Å². The van der Waals surface area contributed by atoms with Crippen molar-refractivity contribution in [1.29, 1.82) is 0 Å². The predicted octanol–water partition coefficient (Wildman–Crippen LogP) is 2.44. The lowest BCUT2D eigenvalue weighted by molar-refractivity contribution is -0.117. The van der Waals surface area contributed by atoms with Gasteiger partial charge < -0.3 is 10.1 Å². The highest BCUT2D eigenvalue weighted by Crippen LogP contribution is 2.19. The molecule has 1 fully saturated rings. The average molecular weight is 439 g/mol. The zero-order chi connectivity index (χ0) is 20.9. The van der Waals surface area contributed by atoms with Crippen LogP contribution in [0.5, 0.6) is 5.75 Å². The molecular formula is C19H26N4O4S2. The Morgan fingerprint density at radius 3 is 2.59 bits per heavy atom. The number of methoxy groups -OCH3 is 1. The smallest absolute Gasteiger partial charge is 0.244 e. The van der Waals surface area contributed by atoms with E-state index in [-0.39, 0.29) is 4.90 Å². The number of rotatable bonds is 8. The number of nitrogens with zero attached hydrogens (tertiary/aromatic N) is 2. The number of aromatic nitrogens is 1. The Morgan fingerprint density at radius 1 is 1.24 bits per heavy atom. The van der Waals surface area contributed by atoms with E-state index in [0.717, 1.165) is 25.3 Å². The zero-order valence-corrected chi connectivity index (χ0v) is 18.2. The van der Waals surface area contributed by atoms with Gasteiger partial charge in [0.15, 0.2) is 5.13 Å². The highest BCUT2D eigenvalue weighted by molar-refractivity contribution is 7.89. The minimum atomic E-state index is -3.83. The fraction of sp³-hybridized carbons (Fsp3) is 0.474. The number of anilines is 1. The van der Waals surface area contributed by atoms with Crippen LogP contribution < -0.4 is 14.8 Å². The quantitative estimate of drug-likeness (QED) is 0.657. The third-order valence-corrected chi connectivity index (χ3v) is 7.07. The fourth-order valence-corrected chi connectivity index (χ4v) is 5.01. The van der Waals surface area contributed by atoms with Crippen molar-refractivity contribution in [3.05, 3.63) is 35.3 Å². The first-order chi connectivity index (χ1) is 13.9. The lowest BCUT2D eigenvalue weighted by Crippen LogP contribution is -2.41. The van der Waals surface area contributed by atoms with Crippen LogP contribution in [0.1, 0.15) is 31.9 Å². The number of hydrogen-bond donors (Lipinski definition) is 2. The number of benzene rings is 1. The summed E-state index contributed by atoms with van der Waals surface area (Å²) in [7, 11) is -2.32. The van der Waals surface area contributed by atoms with Crippen LogP contribution >= 0.6 is 11.3 Å². The number of carbonyl (C=O) groups is 1. The van der Waals surface area contributed by atoms with Gasteiger partial charge in [-0.05, 0) is 57.1 Å². The molecule has 1 aliphatic rings. The van der Waals surface area contributed by atoms with Crippen LogP contribution in [0.25, 0.3) is 0 Å². The summed E-state index contributed by atoms with van der Waals surface area (Å²) in [5.41, 5.74) is 0.915. The molecule has 3 rings (SSSR count). The van der Waals surface area contributed by atoms with Crippen LogP contribution in [0.3, 0.4) is 0 Å². The average Bonchev–Trinajstić information content (AvgIpc) is 3.15. The zero-order valence-electron chi connectivity index (χ0n) is 16.6. The molecule has 10 heteroatoms. The lowest BCUT2D eigenvalue weighted by atomic mass is 10.1. The molecule has 1 aromatic carbocycles. The molecular weight excluding hydrogens is 412 g/mol. The van der Waals surface area contributed by atoms with Crippen molar-refractivity contribution < 1.29 is 17.9 Å². The molecule has 1 atom stereocenters. The Kier molecular flexibility index (Phi) is 7.23.